The van der Waals surface area contributed by atoms with Crippen molar-refractivity contribution in [2.24, 2.45) is 5.92 Å². The van der Waals surface area contributed by atoms with Gasteiger partial charge in [0.15, 0.2) is 0 Å². The van der Waals surface area contributed by atoms with Crippen LogP contribution in [0.5, 0.6) is 0 Å². The van der Waals surface area contributed by atoms with Gasteiger partial charge in [0.2, 0.25) is 15.9 Å². The van der Waals surface area contributed by atoms with Crippen LogP contribution >= 0.6 is 0 Å². The third-order valence-corrected chi connectivity index (χ3v) is 5.78. The number of carbonyl (C=O) groups excluding carboxylic acids is 1. The van der Waals surface area contributed by atoms with Gasteiger partial charge in [-0.25, -0.2) is 8.42 Å². The molecule has 0 aliphatic carbocycles. The summed E-state index contributed by atoms with van der Waals surface area (Å²) >= 11 is 0. The molecule has 0 unspecified atom stereocenters. The summed E-state index contributed by atoms with van der Waals surface area (Å²) in [5.41, 5.74) is 0.418. The van der Waals surface area contributed by atoms with E-state index >= 15 is 0 Å². The van der Waals surface area contributed by atoms with E-state index in [1.807, 2.05) is 6.07 Å². The van der Waals surface area contributed by atoms with Crippen molar-refractivity contribution in [3.8, 4) is 6.07 Å². The van der Waals surface area contributed by atoms with Gasteiger partial charge in [-0.05, 0) is 37.1 Å². The van der Waals surface area contributed by atoms with E-state index in [1.54, 1.807) is 6.08 Å². The summed E-state index contributed by atoms with van der Waals surface area (Å²) in [5.74, 6) is -0.220. The van der Waals surface area contributed by atoms with Crippen molar-refractivity contribution in [2.45, 2.75) is 17.7 Å². The maximum atomic E-state index is 12.6. The van der Waals surface area contributed by atoms with Crippen LogP contribution in [0.25, 0.3) is 0 Å². The molecule has 0 aromatic heterocycles. The topological polar surface area (TPSA) is 90.3 Å². The Morgan fingerprint density at radius 2 is 1.96 bits per heavy atom. The second-order valence-corrected chi connectivity index (χ2v) is 7.29. The van der Waals surface area contributed by atoms with Gasteiger partial charge >= 0.3 is 0 Å². The van der Waals surface area contributed by atoms with Gasteiger partial charge in [0, 0.05) is 25.6 Å². The second kappa shape index (κ2) is 7.40. The normalized spacial score (nSPS) is 16.5. The molecule has 1 N–H and O–H groups in total. The summed E-state index contributed by atoms with van der Waals surface area (Å²) in [6, 6.07) is 7.82. The fourth-order valence-electron chi connectivity index (χ4n) is 2.53. The number of piperidine rings is 1. The molecule has 1 aromatic rings. The number of sulfonamides is 1. The predicted octanol–water partition coefficient (Wildman–Crippen LogP) is 1.26. The lowest BCUT2D eigenvalue weighted by atomic mass is 9.97. The van der Waals surface area contributed by atoms with Gasteiger partial charge in [-0.2, -0.15) is 9.57 Å². The van der Waals surface area contributed by atoms with E-state index in [9.17, 15) is 13.2 Å². The molecule has 0 radical (unpaired) electrons. The summed E-state index contributed by atoms with van der Waals surface area (Å²) < 4.78 is 26.5. The zero-order chi connectivity index (χ0) is 16.9. The number of nitrogens with zero attached hydrogens (tertiary/aromatic N) is 2. The first-order chi connectivity index (χ1) is 11.0. The summed E-state index contributed by atoms with van der Waals surface area (Å²) in [4.78, 5) is 12.1. The number of nitriles is 1. The molecule has 0 atom stereocenters. The van der Waals surface area contributed by atoms with Crippen LogP contribution in [0.15, 0.2) is 41.8 Å². The molecule has 1 amide bonds. The van der Waals surface area contributed by atoms with Crippen molar-refractivity contribution >= 4 is 15.9 Å². The fraction of sp³-hybridized carbons (Fsp3) is 0.375. The van der Waals surface area contributed by atoms with Gasteiger partial charge in [-0.15, -0.1) is 6.58 Å². The first-order valence-electron chi connectivity index (χ1n) is 7.38. The molecule has 23 heavy (non-hydrogen) atoms. The Hall–Kier alpha value is -2.17. The number of amides is 1. The van der Waals surface area contributed by atoms with Crippen LogP contribution in [-0.2, 0) is 14.8 Å². The van der Waals surface area contributed by atoms with E-state index in [1.165, 1.54) is 28.6 Å². The van der Waals surface area contributed by atoms with E-state index in [0.29, 0.717) is 38.0 Å². The molecule has 2 rings (SSSR count). The lowest BCUT2D eigenvalue weighted by molar-refractivity contribution is -0.125. The second-order valence-electron chi connectivity index (χ2n) is 5.35. The number of nitrogens with one attached hydrogen (secondary N) is 1. The van der Waals surface area contributed by atoms with E-state index in [2.05, 4.69) is 11.9 Å². The van der Waals surface area contributed by atoms with Crippen LogP contribution in [0.4, 0.5) is 0 Å². The molecule has 0 saturated carbocycles. The molecule has 1 aromatic carbocycles. The minimum Gasteiger partial charge on any atom is -0.352 e. The van der Waals surface area contributed by atoms with E-state index < -0.39 is 10.0 Å². The van der Waals surface area contributed by atoms with Crippen LogP contribution in [-0.4, -0.2) is 38.3 Å². The summed E-state index contributed by atoms with van der Waals surface area (Å²) in [6.07, 6.45) is 2.61. The average molecular weight is 333 g/mol. The monoisotopic (exact) mass is 333 g/mol. The largest absolute Gasteiger partial charge is 0.352 e. The van der Waals surface area contributed by atoms with Crippen molar-refractivity contribution in [1.29, 1.82) is 5.26 Å². The molecule has 1 saturated heterocycles. The van der Waals surface area contributed by atoms with Crippen molar-refractivity contribution in [3.63, 3.8) is 0 Å². The van der Waals surface area contributed by atoms with Gasteiger partial charge in [0.25, 0.3) is 0 Å². The molecular formula is C16H19N3O3S. The lowest BCUT2D eigenvalue weighted by Gasteiger charge is -2.30. The predicted molar refractivity (Wildman–Crippen MR) is 85.8 cm³/mol. The van der Waals surface area contributed by atoms with Gasteiger partial charge in [-0.1, -0.05) is 6.08 Å². The Bertz CT molecular complexity index is 712. The molecule has 0 spiro atoms. The molecule has 0 bridgehead atoms. The number of carbonyl (C=O) groups is 1. The average Bonchev–Trinajstić information content (AvgIpc) is 2.59. The summed E-state index contributed by atoms with van der Waals surface area (Å²) in [5, 5.41) is 11.5. The molecule has 122 valence electrons. The van der Waals surface area contributed by atoms with Crippen molar-refractivity contribution in [1.82, 2.24) is 9.62 Å². The maximum Gasteiger partial charge on any atom is 0.243 e. The molecule has 7 heteroatoms. The molecule has 1 fully saturated rings. The standard InChI is InChI=1S/C16H19N3O3S/c1-2-9-18-16(20)14-7-10-19(11-8-14)23(21,22)15-5-3-13(12-17)4-6-15/h2-6,14H,1,7-11H2,(H,18,20). The Morgan fingerprint density at radius 1 is 1.35 bits per heavy atom. The van der Waals surface area contributed by atoms with Crippen LogP contribution in [0.2, 0.25) is 0 Å². The highest BCUT2D eigenvalue weighted by molar-refractivity contribution is 7.89. The molecule has 1 aliphatic heterocycles. The van der Waals surface area contributed by atoms with Gasteiger partial charge < -0.3 is 5.32 Å². The third kappa shape index (κ3) is 3.97. The van der Waals surface area contributed by atoms with Gasteiger partial charge in [0.05, 0.1) is 16.5 Å². The molecule has 1 aliphatic rings. The Morgan fingerprint density at radius 3 is 2.48 bits per heavy atom. The third-order valence-electron chi connectivity index (χ3n) is 3.87. The highest BCUT2D eigenvalue weighted by Crippen LogP contribution is 2.24. The Labute approximate surface area is 136 Å². The Balaban J connectivity index is 2.02. The summed E-state index contributed by atoms with van der Waals surface area (Å²) in [7, 11) is -3.58. The lowest BCUT2D eigenvalue weighted by Crippen LogP contribution is -2.43. The molecular weight excluding hydrogens is 314 g/mol. The maximum absolute atomic E-state index is 12.6. The minimum absolute atomic E-state index is 0.0553. The van der Waals surface area contributed by atoms with E-state index in [4.69, 9.17) is 5.26 Å². The number of benzene rings is 1. The quantitative estimate of drug-likeness (QED) is 0.821. The van der Waals surface area contributed by atoms with Gasteiger partial charge in [0.1, 0.15) is 0 Å². The summed E-state index contributed by atoms with van der Waals surface area (Å²) in [6.45, 7) is 4.59. The Kier molecular flexibility index (Phi) is 5.53. The molecule has 6 nitrogen and oxygen atoms in total. The van der Waals surface area contributed by atoms with Gasteiger partial charge in [-0.3, -0.25) is 4.79 Å². The highest BCUT2D eigenvalue weighted by Gasteiger charge is 2.31. The minimum atomic E-state index is -3.58. The first-order valence-corrected chi connectivity index (χ1v) is 8.82. The molecule has 1 heterocycles. The fourth-order valence-corrected chi connectivity index (χ4v) is 4.00. The number of rotatable bonds is 5. The zero-order valence-electron chi connectivity index (χ0n) is 12.7. The first kappa shape index (κ1) is 17.2. The highest BCUT2D eigenvalue weighted by atomic mass is 32.2. The van der Waals surface area contributed by atoms with Crippen molar-refractivity contribution < 1.29 is 13.2 Å². The van der Waals surface area contributed by atoms with E-state index in [0.717, 1.165) is 0 Å². The smallest absolute Gasteiger partial charge is 0.243 e. The number of hydrogen-bond acceptors (Lipinski definition) is 4. The number of hydrogen-bond donors (Lipinski definition) is 1. The van der Waals surface area contributed by atoms with Crippen LogP contribution in [0, 0.1) is 17.2 Å². The van der Waals surface area contributed by atoms with Crippen LogP contribution in [0.3, 0.4) is 0 Å². The van der Waals surface area contributed by atoms with Crippen LogP contribution < -0.4 is 5.32 Å². The van der Waals surface area contributed by atoms with Crippen molar-refractivity contribution in [3.05, 3.63) is 42.5 Å². The zero-order valence-corrected chi connectivity index (χ0v) is 13.6. The van der Waals surface area contributed by atoms with Crippen LogP contribution in [0.1, 0.15) is 18.4 Å². The van der Waals surface area contributed by atoms with Crippen molar-refractivity contribution in [2.75, 3.05) is 19.6 Å². The van der Waals surface area contributed by atoms with E-state index in [-0.39, 0.29) is 16.7 Å². The SMILES string of the molecule is C=CCNC(=O)C1CCN(S(=O)(=O)c2ccc(C#N)cc2)CC1.